The zero-order chi connectivity index (χ0) is 29.5. The van der Waals surface area contributed by atoms with Gasteiger partial charge in [-0.2, -0.15) is 4.31 Å². The molecule has 0 radical (unpaired) electrons. The molecule has 1 spiro atoms. The molecule has 3 aliphatic heterocycles. The highest BCUT2D eigenvalue weighted by Gasteiger charge is 2.66. The van der Waals surface area contributed by atoms with Gasteiger partial charge in [0, 0.05) is 37.3 Å². The zero-order valence-electron chi connectivity index (χ0n) is 23.7. The molecular formula is C30H36N4O6S. The van der Waals surface area contributed by atoms with Crippen LogP contribution in [0.15, 0.2) is 59.0 Å². The normalized spacial score (nSPS) is 22.8. The number of likely N-dealkylation sites (tertiary alicyclic amines) is 1. The largest absolute Gasteiger partial charge is 0.507 e. The van der Waals surface area contributed by atoms with Gasteiger partial charge in [-0.05, 0) is 77.2 Å². The number of aliphatic hydroxyl groups excluding tert-OH is 1. The van der Waals surface area contributed by atoms with Crippen LogP contribution < -0.4 is 4.90 Å². The predicted molar refractivity (Wildman–Crippen MR) is 155 cm³/mol. The van der Waals surface area contributed by atoms with E-state index in [9.17, 15) is 27.9 Å². The summed E-state index contributed by atoms with van der Waals surface area (Å²) in [5.74, 6) is -2.79. The number of anilines is 1. The maximum Gasteiger partial charge on any atom is 0.296 e. The molecule has 1 N–H and O–H groups in total. The van der Waals surface area contributed by atoms with Crippen molar-refractivity contribution in [3.8, 4) is 0 Å². The molecule has 3 heterocycles. The number of carbonyl (C=O) groups excluding carboxylic acids is 3. The van der Waals surface area contributed by atoms with E-state index in [1.807, 2.05) is 25.9 Å². The fourth-order valence-corrected chi connectivity index (χ4v) is 7.73. The molecule has 0 aliphatic carbocycles. The molecule has 10 nitrogen and oxygen atoms in total. The minimum Gasteiger partial charge on any atom is -0.507 e. The third kappa shape index (κ3) is 4.56. The summed E-state index contributed by atoms with van der Waals surface area (Å²) in [6, 6.07) is 12.6. The van der Waals surface area contributed by atoms with Crippen LogP contribution in [0.5, 0.6) is 0 Å². The van der Waals surface area contributed by atoms with Crippen LogP contribution in [0.2, 0.25) is 0 Å². The lowest BCUT2D eigenvalue weighted by Crippen LogP contribution is -2.52. The van der Waals surface area contributed by atoms with Crippen molar-refractivity contribution in [2.75, 3.05) is 51.7 Å². The second kappa shape index (κ2) is 11.0. The maximum atomic E-state index is 14.3. The standard InChI is InChI=1S/C30H36N4O6S/c1-4-33-24-12-7-6-11-23(24)30(29(33)38)25(27(36)28(37)34(30)20-10-17-31(2)3)26(35)21-13-15-22(16-14-21)41(39,40)32-18-8-5-9-19-32/h6-7,11-16,35H,4-5,8-10,17-20H2,1-3H3/b26-25-. The fourth-order valence-electron chi connectivity index (χ4n) is 6.21. The highest BCUT2D eigenvalue weighted by Crippen LogP contribution is 2.53. The Morgan fingerprint density at radius 1 is 0.976 bits per heavy atom. The molecule has 2 aromatic rings. The monoisotopic (exact) mass is 580 g/mol. The summed E-state index contributed by atoms with van der Waals surface area (Å²) in [7, 11) is 0.0842. The third-order valence-electron chi connectivity index (χ3n) is 8.19. The first-order chi connectivity index (χ1) is 19.6. The molecule has 1 atom stereocenters. The van der Waals surface area contributed by atoms with E-state index in [1.54, 1.807) is 24.3 Å². The maximum absolute atomic E-state index is 14.3. The van der Waals surface area contributed by atoms with Crippen LogP contribution in [0.3, 0.4) is 0 Å². The first kappa shape index (κ1) is 29.0. The number of carbonyl (C=O) groups is 3. The summed E-state index contributed by atoms with van der Waals surface area (Å²) < 4.78 is 27.8. The summed E-state index contributed by atoms with van der Waals surface area (Å²) >= 11 is 0. The van der Waals surface area contributed by atoms with Crippen molar-refractivity contribution in [2.45, 2.75) is 43.0 Å². The third-order valence-corrected chi connectivity index (χ3v) is 10.1. The molecule has 11 heteroatoms. The van der Waals surface area contributed by atoms with Crippen LogP contribution in [-0.2, 0) is 29.9 Å². The second-order valence-corrected chi connectivity index (χ2v) is 12.9. The van der Waals surface area contributed by atoms with Gasteiger partial charge in [-0.25, -0.2) is 8.42 Å². The molecule has 0 saturated carbocycles. The number of benzene rings is 2. The molecule has 0 bridgehead atoms. The minimum absolute atomic E-state index is 0.0780. The van der Waals surface area contributed by atoms with E-state index in [4.69, 9.17) is 0 Å². The van der Waals surface area contributed by atoms with Crippen molar-refractivity contribution in [3.63, 3.8) is 0 Å². The Labute approximate surface area is 240 Å². The van der Waals surface area contributed by atoms with Gasteiger partial charge in [-0.3, -0.25) is 14.4 Å². The molecule has 2 aromatic carbocycles. The second-order valence-electron chi connectivity index (χ2n) is 10.9. The van der Waals surface area contributed by atoms with E-state index >= 15 is 0 Å². The summed E-state index contributed by atoms with van der Waals surface area (Å²) in [5.41, 5.74) is -0.938. The Morgan fingerprint density at radius 3 is 2.27 bits per heavy atom. The molecule has 3 aliphatic rings. The molecule has 2 saturated heterocycles. The highest BCUT2D eigenvalue weighted by molar-refractivity contribution is 7.89. The number of nitrogens with zero attached hydrogens (tertiary/aromatic N) is 4. The Bertz CT molecular complexity index is 1510. The number of para-hydroxylation sites is 1. The van der Waals surface area contributed by atoms with Crippen LogP contribution in [0, 0.1) is 0 Å². The van der Waals surface area contributed by atoms with Crippen molar-refractivity contribution in [1.29, 1.82) is 0 Å². The Hall–Kier alpha value is -3.54. The van der Waals surface area contributed by atoms with Gasteiger partial charge in [0.25, 0.3) is 17.6 Å². The molecule has 0 aromatic heterocycles. The van der Waals surface area contributed by atoms with Gasteiger partial charge < -0.3 is 19.8 Å². The van der Waals surface area contributed by atoms with E-state index in [0.29, 0.717) is 43.9 Å². The number of piperidine rings is 1. The van der Waals surface area contributed by atoms with Crippen LogP contribution in [-0.4, -0.2) is 92.0 Å². The van der Waals surface area contributed by atoms with E-state index in [0.717, 1.165) is 19.3 Å². The smallest absolute Gasteiger partial charge is 0.296 e. The van der Waals surface area contributed by atoms with E-state index in [2.05, 4.69) is 0 Å². The first-order valence-electron chi connectivity index (χ1n) is 14.0. The molecular weight excluding hydrogens is 544 g/mol. The minimum atomic E-state index is -3.71. The zero-order valence-corrected chi connectivity index (χ0v) is 24.5. The lowest BCUT2D eigenvalue weighted by Gasteiger charge is -2.34. The number of rotatable bonds is 8. The summed E-state index contributed by atoms with van der Waals surface area (Å²) in [6.45, 7) is 3.79. The Kier molecular flexibility index (Phi) is 7.80. The van der Waals surface area contributed by atoms with E-state index in [1.165, 1.54) is 38.4 Å². The van der Waals surface area contributed by atoms with E-state index in [-0.39, 0.29) is 22.6 Å². The molecule has 5 rings (SSSR count). The predicted octanol–water partition coefficient (Wildman–Crippen LogP) is 2.76. The Balaban J connectivity index is 1.64. The number of Topliss-reactive ketones (excluding diaryl/α,β-unsaturated/α-hetero) is 1. The number of sulfonamides is 1. The number of amides is 2. The van der Waals surface area contributed by atoms with Crippen molar-refractivity contribution < 1.29 is 27.9 Å². The summed E-state index contributed by atoms with van der Waals surface area (Å²) in [5, 5.41) is 11.7. The number of fused-ring (bicyclic) bond motifs is 2. The van der Waals surface area contributed by atoms with Gasteiger partial charge in [-0.1, -0.05) is 24.6 Å². The lowest BCUT2D eigenvalue weighted by atomic mass is 9.82. The van der Waals surface area contributed by atoms with Crippen LogP contribution in [0.4, 0.5) is 5.69 Å². The van der Waals surface area contributed by atoms with Crippen LogP contribution in [0.1, 0.15) is 43.7 Å². The molecule has 41 heavy (non-hydrogen) atoms. The van der Waals surface area contributed by atoms with Crippen LogP contribution >= 0.6 is 0 Å². The molecule has 2 fully saturated rings. The average molecular weight is 581 g/mol. The molecule has 2 amide bonds. The van der Waals surface area contributed by atoms with Gasteiger partial charge >= 0.3 is 0 Å². The topological polar surface area (TPSA) is 119 Å². The Morgan fingerprint density at radius 2 is 1.63 bits per heavy atom. The highest BCUT2D eigenvalue weighted by atomic mass is 32.2. The van der Waals surface area contributed by atoms with Crippen molar-refractivity contribution in [3.05, 3.63) is 65.2 Å². The quantitative estimate of drug-likeness (QED) is 0.290. The SMILES string of the molecule is CCN1C(=O)C2(/C(=C(\O)c3ccc(S(=O)(=O)N4CCCCC4)cc3)C(=O)C(=O)N2CCCN(C)C)c2ccccc21. The number of hydrogen-bond acceptors (Lipinski definition) is 7. The van der Waals surface area contributed by atoms with Crippen LogP contribution in [0.25, 0.3) is 5.76 Å². The summed E-state index contributed by atoms with van der Waals surface area (Å²) in [4.78, 5) is 46.4. The van der Waals surface area contributed by atoms with E-state index < -0.39 is 38.9 Å². The molecule has 1 unspecified atom stereocenters. The number of ketones is 1. The van der Waals surface area contributed by atoms with Crippen molar-refractivity contribution in [2.24, 2.45) is 0 Å². The van der Waals surface area contributed by atoms with Gasteiger partial charge in [0.15, 0.2) is 5.54 Å². The fraction of sp³-hybridized carbons (Fsp3) is 0.433. The number of likely N-dealkylation sites (N-methyl/N-ethyl adjacent to an activating group) is 1. The van der Waals surface area contributed by atoms with Crippen molar-refractivity contribution in [1.82, 2.24) is 14.1 Å². The van der Waals surface area contributed by atoms with Gasteiger partial charge in [0.1, 0.15) is 5.76 Å². The number of aliphatic hydroxyl groups is 1. The lowest BCUT2D eigenvalue weighted by molar-refractivity contribution is -0.143. The average Bonchev–Trinajstić information content (AvgIpc) is 3.35. The van der Waals surface area contributed by atoms with Crippen molar-refractivity contribution >= 4 is 39.1 Å². The van der Waals surface area contributed by atoms with Gasteiger partial charge in [-0.15, -0.1) is 0 Å². The van der Waals surface area contributed by atoms with Gasteiger partial charge in [0.05, 0.1) is 16.2 Å². The summed E-state index contributed by atoms with van der Waals surface area (Å²) in [6.07, 6.45) is 3.10. The first-order valence-corrected chi connectivity index (χ1v) is 15.5. The van der Waals surface area contributed by atoms with Gasteiger partial charge in [0.2, 0.25) is 10.0 Å². The number of hydrogen-bond donors (Lipinski definition) is 1. The molecule has 218 valence electrons.